The van der Waals surface area contributed by atoms with Gasteiger partial charge in [0.25, 0.3) is 5.56 Å². The van der Waals surface area contributed by atoms with Crippen molar-refractivity contribution in [2.75, 3.05) is 6.61 Å². The lowest BCUT2D eigenvalue weighted by atomic mass is 10.1. The van der Waals surface area contributed by atoms with Gasteiger partial charge in [-0.2, -0.15) is 5.10 Å². The van der Waals surface area contributed by atoms with E-state index in [1.807, 2.05) is 6.07 Å². The van der Waals surface area contributed by atoms with Crippen LogP contribution in [0.1, 0.15) is 17.4 Å². The molecule has 2 rings (SSSR count). The molecule has 0 fully saturated rings. The van der Waals surface area contributed by atoms with Gasteiger partial charge in [-0.15, -0.1) is 0 Å². The SMILES string of the molecule is CCOC(=O)c1nn(C)c(=O)c(-c2ccccc2)c1Cl. The number of aromatic nitrogens is 2. The summed E-state index contributed by atoms with van der Waals surface area (Å²) in [4.78, 5) is 24.0. The standard InChI is InChI=1S/C14H13ClN2O3/c1-3-20-14(19)12-11(15)10(13(18)17(2)16-12)9-7-5-4-6-8-9/h4-8H,3H2,1-2H3. The number of rotatable bonds is 3. The van der Waals surface area contributed by atoms with Gasteiger partial charge in [0.1, 0.15) is 0 Å². The van der Waals surface area contributed by atoms with Crippen molar-refractivity contribution in [1.82, 2.24) is 9.78 Å². The molecule has 0 saturated carbocycles. The van der Waals surface area contributed by atoms with Gasteiger partial charge in [0.2, 0.25) is 0 Å². The normalized spacial score (nSPS) is 10.3. The molecule has 0 aliphatic rings. The Labute approximate surface area is 120 Å². The second-order valence-corrected chi connectivity index (χ2v) is 4.43. The second-order valence-electron chi connectivity index (χ2n) is 4.05. The minimum Gasteiger partial charge on any atom is -0.461 e. The molecule has 0 N–H and O–H groups in total. The fraction of sp³-hybridized carbons (Fsp3) is 0.214. The van der Waals surface area contributed by atoms with Gasteiger partial charge in [-0.1, -0.05) is 41.9 Å². The van der Waals surface area contributed by atoms with Crippen LogP contribution < -0.4 is 5.56 Å². The molecule has 104 valence electrons. The lowest BCUT2D eigenvalue weighted by Crippen LogP contribution is -2.25. The molecule has 6 heteroatoms. The second kappa shape index (κ2) is 5.88. The van der Waals surface area contributed by atoms with E-state index in [0.717, 1.165) is 4.68 Å². The summed E-state index contributed by atoms with van der Waals surface area (Å²) in [6.45, 7) is 1.90. The van der Waals surface area contributed by atoms with Crippen molar-refractivity contribution in [3.63, 3.8) is 0 Å². The number of halogens is 1. The van der Waals surface area contributed by atoms with Crippen molar-refractivity contribution in [3.05, 3.63) is 51.4 Å². The zero-order valence-electron chi connectivity index (χ0n) is 11.1. The van der Waals surface area contributed by atoms with E-state index in [2.05, 4.69) is 5.10 Å². The molecule has 0 saturated heterocycles. The van der Waals surface area contributed by atoms with Crippen molar-refractivity contribution in [3.8, 4) is 11.1 Å². The highest BCUT2D eigenvalue weighted by atomic mass is 35.5. The zero-order valence-corrected chi connectivity index (χ0v) is 11.8. The lowest BCUT2D eigenvalue weighted by Gasteiger charge is -2.10. The first-order chi connectivity index (χ1) is 9.56. The molecule has 0 bridgehead atoms. The topological polar surface area (TPSA) is 61.2 Å². The van der Waals surface area contributed by atoms with Crippen LogP contribution in [0.15, 0.2) is 35.1 Å². The number of benzene rings is 1. The molecule has 1 aromatic carbocycles. The largest absolute Gasteiger partial charge is 0.461 e. The summed E-state index contributed by atoms with van der Waals surface area (Å²) in [5.74, 6) is -0.648. The first-order valence-electron chi connectivity index (χ1n) is 6.05. The number of ether oxygens (including phenoxy) is 1. The summed E-state index contributed by atoms with van der Waals surface area (Å²) in [7, 11) is 1.47. The average Bonchev–Trinajstić information content (AvgIpc) is 2.44. The van der Waals surface area contributed by atoms with Crippen LogP contribution in [0.3, 0.4) is 0 Å². The summed E-state index contributed by atoms with van der Waals surface area (Å²) >= 11 is 6.17. The van der Waals surface area contributed by atoms with Gasteiger partial charge in [0, 0.05) is 7.05 Å². The van der Waals surface area contributed by atoms with Crippen molar-refractivity contribution in [2.45, 2.75) is 6.92 Å². The van der Waals surface area contributed by atoms with Crippen LogP contribution in [-0.4, -0.2) is 22.4 Å². The first kappa shape index (κ1) is 14.3. The Morgan fingerprint density at radius 1 is 1.35 bits per heavy atom. The van der Waals surface area contributed by atoms with Gasteiger partial charge >= 0.3 is 5.97 Å². The minimum absolute atomic E-state index is 0.0118. The number of nitrogens with zero attached hydrogens (tertiary/aromatic N) is 2. The molecule has 1 heterocycles. The van der Waals surface area contributed by atoms with Gasteiger partial charge in [0.05, 0.1) is 17.2 Å². The molecule has 20 heavy (non-hydrogen) atoms. The smallest absolute Gasteiger partial charge is 0.360 e. The first-order valence-corrected chi connectivity index (χ1v) is 6.43. The van der Waals surface area contributed by atoms with Crippen LogP contribution in [0.4, 0.5) is 0 Å². The maximum Gasteiger partial charge on any atom is 0.360 e. The third-order valence-corrected chi connectivity index (χ3v) is 3.08. The van der Waals surface area contributed by atoms with Crippen molar-refractivity contribution in [2.24, 2.45) is 7.05 Å². The maximum absolute atomic E-state index is 12.2. The van der Waals surface area contributed by atoms with E-state index < -0.39 is 5.97 Å². The Kier molecular flexibility index (Phi) is 4.20. The lowest BCUT2D eigenvalue weighted by molar-refractivity contribution is 0.0517. The van der Waals surface area contributed by atoms with Crippen LogP contribution in [0.25, 0.3) is 11.1 Å². The van der Waals surface area contributed by atoms with Crippen LogP contribution in [0.2, 0.25) is 5.02 Å². The van der Waals surface area contributed by atoms with Crippen molar-refractivity contribution in [1.29, 1.82) is 0 Å². The van der Waals surface area contributed by atoms with Gasteiger partial charge in [-0.3, -0.25) is 4.79 Å². The number of aryl methyl sites for hydroxylation is 1. The number of hydrogen-bond acceptors (Lipinski definition) is 4. The zero-order chi connectivity index (χ0) is 14.7. The summed E-state index contributed by atoms with van der Waals surface area (Å²) in [6, 6.07) is 8.90. The van der Waals surface area contributed by atoms with Gasteiger partial charge in [-0.25, -0.2) is 9.48 Å². The molecule has 0 aliphatic carbocycles. The number of esters is 1. The summed E-state index contributed by atoms with van der Waals surface area (Å²) < 4.78 is 5.98. The average molecular weight is 293 g/mol. The van der Waals surface area contributed by atoms with Gasteiger partial charge in [0.15, 0.2) is 5.69 Å². The van der Waals surface area contributed by atoms with Crippen molar-refractivity contribution < 1.29 is 9.53 Å². The van der Waals surface area contributed by atoms with Gasteiger partial charge in [-0.05, 0) is 12.5 Å². The molecule has 0 amide bonds. The predicted octanol–water partition coefficient (Wildman–Crippen LogP) is 2.28. The Hall–Kier alpha value is -2.14. The third kappa shape index (κ3) is 2.58. The number of carbonyl (C=O) groups is 1. The van der Waals surface area contributed by atoms with E-state index in [4.69, 9.17) is 16.3 Å². The van der Waals surface area contributed by atoms with Gasteiger partial charge < -0.3 is 4.74 Å². The summed E-state index contributed by atoms with van der Waals surface area (Å²) in [6.07, 6.45) is 0. The molecular weight excluding hydrogens is 280 g/mol. The van der Waals surface area contributed by atoms with E-state index in [1.54, 1.807) is 31.2 Å². The fourth-order valence-corrected chi connectivity index (χ4v) is 2.10. The Morgan fingerprint density at radius 3 is 2.60 bits per heavy atom. The minimum atomic E-state index is -0.648. The van der Waals surface area contributed by atoms with E-state index in [0.29, 0.717) is 5.56 Å². The summed E-state index contributed by atoms with van der Waals surface area (Å²) in [5.41, 5.74) is 0.447. The third-order valence-electron chi connectivity index (χ3n) is 2.72. The highest BCUT2D eigenvalue weighted by Gasteiger charge is 2.21. The molecule has 5 nitrogen and oxygen atoms in total. The maximum atomic E-state index is 12.2. The molecule has 0 radical (unpaired) electrons. The van der Waals surface area contributed by atoms with Crippen LogP contribution >= 0.6 is 11.6 Å². The van der Waals surface area contributed by atoms with E-state index in [1.165, 1.54) is 7.05 Å². The molecule has 2 aromatic rings. The van der Waals surface area contributed by atoms with E-state index in [-0.39, 0.29) is 28.4 Å². The quantitative estimate of drug-likeness (QED) is 0.814. The van der Waals surface area contributed by atoms with E-state index >= 15 is 0 Å². The Bertz CT molecular complexity index is 696. The number of hydrogen-bond donors (Lipinski definition) is 0. The molecule has 0 atom stereocenters. The number of carbonyl (C=O) groups excluding carboxylic acids is 1. The molecule has 0 aliphatic heterocycles. The van der Waals surface area contributed by atoms with E-state index in [9.17, 15) is 9.59 Å². The highest BCUT2D eigenvalue weighted by Crippen LogP contribution is 2.26. The van der Waals surface area contributed by atoms with Crippen LogP contribution in [0, 0.1) is 0 Å². The van der Waals surface area contributed by atoms with Crippen LogP contribution in [-0.2, 0) is 11.8 Å². The molecule has 0 unspecified atom stereocenters. The highest BCUT2D eigenvalue weighted by molar-refractivity contribution is 6.35. The monoisotopic (exact) mass is 292 g/mol. The fourth-order valence-electron chi connectivity index (χ4n) is 1.80. The summed E-state index contributed by atoms with van der Waals surface area (Å²) in [5, 5.41) is 3.89. The van der Waals surface area contributed by atoms with Crippen molar-refractivity contribution >= 4 is 17.6 Å². The van der Waals surface area contributed by atoms with Crippen LogP contribution in [0.5, 0.6) is 0 Å². The Morgan fingerprint density at radius 2 is 2.00 bits per heavy atom. The molecular formula is C14H13ClN2O3. The molecule has 0 spiro atoms. The predicted molar refractivity (Wildman–Crippen MR) is 75.9 cm³/mol. The molecule has 1 aromatic heterocycles. The Balaban J connectivity index is 2.69.